The largest absolute Gasteiger partial charge is 0.326 e. The van der Waals surface area contributed by atoms with Gasteiger partial charge in [-0.1, -0.05) is 17.6 Å². The van der Waals surface area contributed by atoms with E-state index in [1.165, 1.54) is 6.92 Å². The van der Waals surface area contributed by atoms with Crippen LogP contribution in [-0.2, 0) is 4.79 Å². The van der Waals surface area contributed by atoms with E-state index in [0.717, 1.165) is 11.3 Å². The van der Waals surface area contributed by atoms with Crippen LogP contribution in [0.5, 0.6) is 0 Å². The molecule has 1 aromatic carbocycles. The molecule has 0 spiro atoms. The van der Waals surface area contributed by atoms with Crippen molar-refractivity contribution in [2.45, 2.75) is 13.8 Å². The lowest BCUT2D eigenvalue weighted by Crippen LogP contribution is -2.11. The minimum absolute atomic E-state index is 0.0799. The first-order chi connectivity index (χ1) is 5.59. The van der Waals surface area contributed by atoms with Crippen LogP contribution in [0.1, 0.15) is 12.5 Å². The van der Waals surface area contributed by atoms with Crippen molar-refractivity contribution in [3.63, 3.8) is 0 Å². The summed E-state index contributed by atoms with van der Waals surface area (Å²) in [5.41, 5.74) is 2.45. The first-order valence-corrected chi connectivity index (χ1v) is 3.73. The second-order valence-electron chi connectivity index (χ2n) is 2.76. The molecular weight excluding hydrogens is 149 g/mol. The third-order valence-corrected chi connectivity index (χ3v) is 1.57. The Morgan fingerprint density at radius 3 is 2.75 bits per heavy atom. The van der Waals surface area contributed by atoms with Crippen molar-refractivity contribution in [3.05, 3.63) is 23.8 Å². The molecule has 1 aromatic rings. The molecule has 2 nitrogen and oxygen atoms in total. The molecule has 3 heteroatoms. The fourth-order valence-electron chi connectivity index (χ4n) is 0.964. The summed E-state index contributed by atoms with van der Waals surface area (Å²) in [5.74, 6) is -0.0799. The van der Waals surface area contributed by atoms with Crippen LogP contribution in [0.4, 0.5) is 5.69 Å². The van der Waals surface area contributed by atoms with Crippen molar-refractivity contribution in [1.82, 2.24) is 0 Å². The fourth-order valence-corrected chi connectivity index (χ4v) is 0.964. The van der Waals surface area contributed by atoms with E-state index in [1.54, 1.807) is 12.1 Å². The summed E-state index contributed by atoms with van der Waals surface area (Å²) in [4.78, 5) is 10.7. The van der Waals surface area contributed by atoms with Gasteiger partial charge in [0.2, 0.25) is 5.91 Å². The molecule has 0 fully saturated rings. The summed E-state index contributed by atoms with van der Waals surface area (Å²) < 4.78 is 0. The second-order valence-corrected chi connectivity index (χ2v) is 2.76. The Kier molecular flexibility index (Phi) is 2.53. The van der Waals surface area contributed by atoms with E-state index in [-0.39, 0.29) is 5.91 Å². The summed E-state index contributed by atoms with van der Waals surface area (Å²) in [6, 6.07) is 5.43. The molecule has 0 aliphatic heterocycles. The molecule has 0 atom stereocenters. The third-order valence-electron chi connectivity index (χ3n) is 1.57. The number of benzene rings is 1. The monoisotopic (exact) mass is 159 g/mol. The highest BCUT2D eigenvalue weighted by Crippen LogP contribution is 2.10. The minimum Gasteiger partial charge on any atom is -0.326 e. The average molecular weight is 159 g/mol. The highest BCUT2D eigenvalue weighted by molar-refractivity contribution is 6.32. The smallest absolute Gasteiger partial charge is 0.221 e. The van der Waals surface area contributed by atoms with Crippen LogP contribution in [0.15, 0.2) is 18.2 Å². The lowest BCUT2D eigenvalue weighted by atomic mass is 9.94. The summed E-state index contributed by atoms with van der Waals surface area (Å²) in [5, 5.41) is 2.69. The van der Waals surface area contributed by atoms with Crippen molar-refractivity contribution in [3.8, 4) is 0 Å². The Balaban J connectivity index is 2.97. The number of aryl methyl sites for hydroxylation is 1. The number of nitrogens with one attached hydrogen (secondary N) is 1. The summed E-state index contributed by atoms with van der Waals surface area (Å²) in [7, 11) is 5.55. The first kappa shape index (κ1) is 8.85. The van der Waals surface area contributed by atoms with Gasteiger partial charge >= 0.3 is 0 Å². The van der Waals surface area contributed by atoms with Crippen molar-refractivity contribution < 1.29 is 4.79 Å². The van der Waals surface area contributed by atoms with Gasteiger partial charge in [0.1, 0.15) is 7.85 Å². The predicted molar refractivity (Wildman–Crippen MR) is 50.9 cm³/mol. The first-order valence-electron chi connectivity index (χ1n) is 3.73. The fraction of sp³-hybridized carbons (Fsp3) is 0.222. The number of carbonyl (C=O) groups is 1. The van der Waals surface area contributed by atoms with Crippen molar-refractivity contribution in [2.75, 3.05) is 5.32 Å². The number of hydrogen-bond donors (Lipinski definition) is 1. The van der Waals surface area contributed by atoms with E-state index in [4.69, 9.17) is 7.85 Å². The molecular formula is C9H10BNO. The number of anilines is 1. The van der Waals surface area contributed by atoms with E-state index in [9.17, 15) is 4.79 Å². The van der Waals surface area contributed by atoms with Crippen molar-refractivity contribution in [1.29, 1.82) is 0 Å². The van der Waals surface area contributed by atoms with Gasteiger partial charge in [-0.3, -0.25) is 4.79 Å². The zero-order valence-corrected chi connectivity index (χ0v) is 7.22. The predicted octanol–water partition coefficient (Wildman–Crippen LogP) is 0.747. The Morgan fingerprint density at radius 1 is 1.50 bits per heavy atom. The number of hydrogen-bond acceptors (Lipinski definition) is 1. The summed E-state index contributed by atoms with van der Waals surface area (Å²) >= 11 is 0. The Labute approximate surface area is 73.4 Å². The van der Waals surface area contributed by atoms with Crippen LogP contribution < -0.4 is 10.8 Å². The van der Waals surface area contributed by atoms with Gasteiger partial charge in [-0.2, -0.15) is 0 Å². The van der Waals surface area contributed by atoms with Crippen LogP contribution in [0, 0.1) is 6.92 Å². The van der Waals surface area contributed by atoms with E-state index in [2.05, 4.69) is 5.32 Å². The molecule has 0 unspecified atom stereocenters. The molecule has 0 aliphatic rings. The van der Waals surface area contributed by atoms with Gasteiger partial charge in [0.15, 0.2) is 0 Å². The Morgan fingerprint density at radius 2 is 2.17 bits per heavy atom. The van der Waals surface area contributed by atoms with E-state index in [1.807, 2.05) is 13.0 Å². The Hall–Kier alpha value is -1.25. The zero-order valence-electron chi connectivity index (χ0n) is 7.22. The van der Waals surface area contributed by atoms with Crippen molar-refractivity contribution in [2.24, 2.45) is 0 Å². The molecule has 0 saturated carbocycles. The number of amides is 1. The van der Waals surface area contributed by atoms with E-state index < -0.39 is 0 Å². The molecule has 0 aliphatic carbocycles. The average Bonchev–Trinajstić information content (AvgIpc) is 1.96. The maximum Gasteiger partial charge on any atom is 0.221 e. The standard InChI is InChI=1S/C9H10BNO/c1-6-3-4-8(10)5-9(6)11-7(2)12/h3-5H,1-2H3,(H,11,12). The molecule has 1 amide bonds. The molecule has 60 valence electrons. The minimum atomic E-state index is -0.0799. The molecule has 0 bridgehead atoms. The highest BCUT2D eigenvalue weighted by atomic mass is 16.1. The molecule has 0 saturated heterocycles. The molecule has 1 rings (SSSR count). The number of rotatable bonds is 1. The molecule has 2 radical (unpaired) electrons. The summed E-state index contributed by atoms with van der Waals surface area (Å²) in [6.45, 7) is 3.40. The molecule has 0 heterocycles. The quantitative estimate of drug-likeness (QED) is 0.601. The zero-order chi connectivity index (χ0) is 9.14. The van der Waals surface area contributed by atoms with E-state index in [0.29, 0.717) is 5.46 Å². The molecule has 0 aromatic heterocycles. The van der Waals surface area contributed by atoms with E-state index >= 15 is 0 Å². The van der Waals surface area contributed by atoms with Crippen LogP contribution in [0.25, 0.3) is 0 Å². The summed E-state index contributed by atoms with van der Waals surface area (Å²) in [6.07, 6.45) is 0. The third kappa shape index (κ3) is 2.12. The Bertz CT molecular complexity index is 309. The topological polar surface area (TPSA) is 29.1 Å². The lowest BCUT2D eigenvalue weighted by Gasteiger charge is -2.06. The van der Waals surface area contributed by atoms with Gasteiger partial charge in [0.05, 0.1) is 0 Å². The lowest BCUT2D eigenvalue weighted by molar-refractivity contribution is -0.114. The second kappa shape index (κ2) is 3.43. The van der Waals surface area contributed by atoms with Crippen molar-refractivity contribution >= 4 is 24.9 Å². The maximum atomic E-state index is 10.7. The highest BCUT2D eigenvalue weighted by Gasteiger charge is 1.98. The van der Waals surface area contributed by atoms with Crippen LogP contribution in [0.2, 0.25) is 0 Å². The molecule has 12 heavy (non-hydrogen) atoms. The van der Waals surface area contributed by atoms with Gasteiger partial charge in [0, 0.05) is 12.6 Å². The van der Waals surface area contributed by atoms with Gasteiger partial charge in [-0.15, -0.1) is 0 Å². The van der Waals surface area contributed by atoms with Crippen LogP contribution >= 0.6 is 0 Å². The normalized spacial score (nSPS) is 9.50. The van der Waals surface area contributed by atoms with Gasteiger partial charge in [0.25, 0.3) is 0 Å². The van der Waals surface area contributed by atoms with Gasteiger partial charge in [-0.25, -0.2) is 0 Å². The van der Waals surface area contributed by atoms with Crippen LogP contribution in [-0.4, -0.2) is 13.8 Å². The maximum absolute atomic E-state index is 10.7. The molecule has 1 N–H and O–H groups in total. The SMILES string of the molecule is [B]c1ccc(C)c(NC(C)=O)c1. The van der Waals surface area contributed by atoms with Gasteiger partial charge < -0.3 is 5.32 Å². The van der Waals surface area contributed by atoms with Gasteiger partial charge in [-0.05, 0) is 18.6 Å². The van der Waals surface area contributed by atoms with Crippen LogP contribution in [0.3, 0.4) is 0 Å². The number of carbonyl (C=O) groups excluding carboxylic acids is 1.